The molecule has 0 saturated carbocycles. The van der Waals surface area contributed by atoms with Crippen LogP contribution in [0.1, 0.15) is 54.3 Å². The van der Waals surface area contributed by atoms with Crippen LogP contribution in [0.3, 0.4) is 0 Å². The number of aryl methyl sites for hydroxylation is 1. The molecule has 0 aliphatic rings. The summed E-state index contributed by atoms with van der Waals surface area (Å²) in [5.74, 6) is -1.22. The van der Waals surface area contributed by atoms with Crippen molar-refractivity contribution in [1.29, 1.82) is 0 Å². The van der Waals surface area contributed by atoms with Gasteiger partial charge in [0.2, 0.25) is 5.88 Å². The highest BCUT2D eigenvalue weighted by atomic mass is 16.6. The van der Waals surface area contributed by atoms with Gasteiger partial charge >= 0.3 is 5.69 Å². The van der Waals surface area contributed by atoms with Crippen molar-refractivity contribution in [3.8, 4) is 5.88 Å². The van der Waals surface area contributed by atoms with Gasteiger partial charge in [-0.25, -0.2) is 10.3 Å². The number of imidazole rings is 1. The first-order valence-electron chi connectivity index (χ1n) is 11.7. The van der Waals surface area contributed by atoms with Gasteiger partial charge in [0.05, 0.1) is 12.3 Å². The number of aromatic nitrogens is 2. The van der Waals surface area contributed by atoms with E-state index in [-0.39, 0.29) is 24.3 Å². The molecule has 4 N–H and O–H groups in total. The lowest BCUT2D eigenvalue weighted by molar-refractivity contribution is -0.139. The quantitative estimate of drug-likeness (QED) is 0.234. The summed E-state index contributed by atoms with van der Waals surface area (Å²) < 4.78 is 1.07. The number of H-pyrrole nitrogens is 1. The van der Waals surface area contributed by atoms with Crippen molar-refractivity contribution in [2.24, 2.45) is 5.92 Å². The Labute approximate surface area is 204 Å². The van der Waals surface area contributed by atoms with E-state index in [1.54, 1.807) is 38.1 Å². The number of aromatic amines is 1. The number of benzene rings is 2. The molecule has 9 nitrogen and oxygen atoms in total. The van der Waals surface area contributed by atoms with Gasteiger partial charge < -0.3 is 15.4 Å². The molecular weight excluding hydrogens is 448 g/mol. The highest BCUT2D eigenvalue weighted by molar-refractivity contribution is 5.94. The molecule has 1 atom stereocenters. The topological polar surface area (TPSA) is 125 Å². The molecule has 186 valence electrons. The molecule has 3 rings (SSSR count). The number of hydroxylamine groups is 1. The van der Waals surface area contributed by atoms with Gasteiger partial charge in [-0.1, -0.05) is 62.4 Å². The first-order chi connectivity index (χ1) is 16.9. The van der Waals surface area contributed by atoms with Crippen LogP contribution in [-0.4, -0.2) is 33.0 Å². The molecule has 0 radical (unpaired) electrons. The number of carbonyl (C=O) groups excluding carboxylic acids is 2. The van der Waals surface area contributed by atoms with E-state index in [0.717, 1.165) is 10.1 Å². The Bertz CT molecular complexity index is 1160. The molecule has 0 aliphatic heterocycles. The maximum absolute atomic E-state index is 12.8. The van der Waals surface area contributed by atoms with Gasteiger partial charge in [0.1, 0.15) is 6.04 Å². The Morgan fingerprint density at radius 1 is 1.03 bits per heavy atom. The molecule has 3 aromatic rings. The van der Waals surface area contributed by atoms with Crippen LogP contribution < -0.4 is 16.5 Å². The summed E-state index contributed by atoms with van der Waals surface area (Å²) >= 11 is 0. The van der Waals surface area contributed by atoms with Gasteiger partial charge in [-0.2, -0.15) is 0 Å². The van der Waals surface area contributed by atoms with Crippen LogP contribution in [0.5, 0.6) is 5.88 Å². The van der Waals surface area contributed by atoms with Crippen LogP contribution in [0.2, 0.25) is 0 Å². The second kappa shape index (κ2) is 12.6. The maximum Gasteiger partial charge on any atom is 0.329 e. The Morgan fingerprint density at radius 3 is 2.34 bits per heavy atom. The predicted molar refractivity (Wildman–Crippen MR) is 132 cm³/mol. The monoisotopic (exact) mass is 480 g/mol. The van der Waals surface area contributed by atoms with Gasteiger partial charge in [-0.05, 0) is 42.9 Å². The van der Waals surface area contributed by atoms with Crippen molar-refractivity contribution < 1.29 is 19.5 Å². The zero-order valence-corrected chi connectivity index (χ0v) is 20.0. The Morgan fingerprint density at radius 2 is 1.69 bits per heavy atom. The van der Waals surface area contributed by atoms with Crippen LogP contribution in [0, 0.1) is 5.92 Å². The summed E-state index contributed by atoms with van der Waals surface area (Å²) in [7, 11) is 0. The molecule has 0 unspecified atom stereocenters. The van der Waals surface area contributed by atoms with Crippen LogP contribution in [0.15, 0.2) is 65.5 Å². The van der Waals surface area contributed by atoms with Crippen LogP contribution in [-0.2, 0) is 22.7 Å². The Balaban J connectivity index is 1.54. The summed E-state index contributed by atoms with van der Waals surface area (Å²) in [5, 5.41) is 13.6. The van der Waals surface area contributed by atoms with Crippen LogP contribution in [0.4, 0.5) is 0 Å². The number of nitrogens with zero attached hydrogens (tertiary/aromatic N) is 1. The molecule has 0 bridgehead atoms. The van der Waals surface area contributed by atoms with E-state index in [9.17, 15) is 19.5 Å². The van der Waals surface area contributed by atoms with Crippen molar-refractivity contribution in [1.82, 2.24) is 20.3 Å². The lowest BCUT2D eigenvalue weighted by Gasteiger charge is -2.21. The standard InChI is InChI=1S/C26H32N4O5/c1-18(2)22(24(32)29-35-17-19-11-5-3-6-12-19)30-25(33)21(28-26(30)34)15-9-10-16-27-23(31)20-13-7-4-8-14-20/h3-8,11-14,18,22,33H,9-10,15-17H2,1-2H3,(H,27,31)(H,28,34)(H,29,32)/t22-/m1/s1. The number of nitrogens with one attached hydrogen (secondary N) is 3. The third-order valence-electron chi connectivity index (χ3n) is 5.58. The van der Waals surface area contributed by atoms with E-state index in [4.69, 9.17) is 4.84 Å². The van der Waals surface area contributed by atoms with E-state index in [0.29, 0.717) is 37.1 Å². The number of unbranched alkanes of at least 4 members (excludes halogenated alkanes) is 1. The second-order valence-electron chi connectivity index (χ2n) is 8.61. The molecule has 0 saturated heterocycles. The van der Waals surface area contributed by atoms with E-state index < -0.39 is 17.6 Å². The molecule has 35 heavy (non-hydrogen) atoms. The van der Waals surface area contributed by atoms with E-state index in [1.165, 1.54) is 0 Å². The normalized spacial score (nSPS) is 11.9. The largest absolute Gasteiger partial charge is 0.493 e. The van der Waals surface area contributed by atoms with Crippen molar-refractivity contribution in [2.45, 2.75) is 45.8 Å². The molecular formula is C26H32N4O5. The van der Waals surface area contributed by atoms with Crippen molar-refractivity contribution in [2.75, 3.05) is 6.54 Å². The number of rotatable bonds is 12. The average Bonchev–Trinajstić information content (AvgIpc) is 3.13. The molecule has 0 aliphatic carbocycles. The number of carbonyl (C=O) groups is 2. The van der Waals surface area contributed by atoms with Crippen LogP contribution in [0.25, 0.3) is 0 Å². The fraction of sp³-hybridized carbons (Fsp3) is 0.346. The molecule has 9 heteroatoms. The number of hydrogen-bond donors (Lipinski definition) is 4. The lowest BCUT2D eigenvalue weighted by Crippen LogP contribution is -2.39. The molecule has 2 amide bonds. The van der Waals surface area contributed by atoms with Crippen molar-refractivity contribution >= 4 is 11.8 Å². The van der Waals surface area contributed by atoms with Gasteiger partial charge in [0, 0.05) is 12.1 Å². The minimum Gasteiger partial charge on any atom is -0.493 e. The molecule has 1 aromatic heterocycles. The lowest BCUT2D eigenvalue weighted by atomic mass is 10.0. The summed E-state index contributed by atoms with van der Waals surface area (Å²) in [6.07, 6.45) is 1.68. The zero-order valence-electron chi connectivity index (χ0n) is 20.0. The van der Waals surface area contributed by atoms with Gasteiger partial charge in [0.15, 0.2) is 0 Å². The minimum atomic E-state index is -0.951. The average molecular weight is 481 g/mol. The summed E-state index contributed by atoms with van der Waals surface area (Å²) in [4.78, 5) is 45.5. The number of hydrogen-bond acceptors (Lipinski definition) is 5. The minimum absolute atomic E-state index is 0.145. The van der Waals surface area contributed by atoms with Crippen molar-refractivity contribution in [3.05, 3.63) is 88.0 Å². The smallest absolute Gasteiger partial charge is 0.329 e. The predicted octanol–water partition coefficient (Wildman–Crippen LogP) is 3.08. The fourth-order valence-electron chi connectivity index (χ4n) is 3.78. The summed E-state index contributed by atoms with van der Waals surface area (Å²) in [5.41, 5.74) is 3.67. The van der Waals surface area contributed by atoms with Gasteiger partial charge in [-0.15, -0.1) is 0 Å². The number of aromatic hydroxyl groups is 1. The Hall–Kier alpha value is -3.85. The summed E-state index contributed by atoms with van der Waals surface area (Å²) in [6.45, 7) is 4.22. The first-order valence-corrected chi connectivity index (χ1v) is 11.7. The van der Waals surface area contributed by atoms with Gasteiger partial charge in [-0.3, -0.25) is 19.0 Å². The Kier molecular flexibility index (Phi) is 9.25. The highest BCUT2D eigenvalue weighted by Crippen LogP contribution is 2.25. The van der Waals surface area contributed by atoms with E-state index in [2.05, 4.69) is 15.8 Å². The SMILES string of the molecule is CC(C)[C@H](C(=O)NOCc1ccccc1)n1c(O)c(CCCCNC(=O)c2ccccc2)[nH]c1=O. The summed E-state index contributed by atoms with van der Waals surface area (Å²) in [6, 6.07) is 17.4. The van der Waals surface area contributed by atoms with Crippen LogP contribution >= 0.6 is 0 Å². The molecule has 0 fully saturated rings. The second-order valence-corrected chi connectivity index (χ2v) is 8.61. The first kappa shape index (κ1) is 25.8. The molecule has 0 spiro atoms. The van der Waals surface area contributed by atoms with Gasteiger partial charge in [0.25, 0.3) is 11.8 Å². The van der Waals surface area contributed by atoms with E-state index >= 15 is 0 Å². The third kappa shape index (κ3) is 7.07. The molecule has 2 aromatic carbocycles. The van der Waals surface area contributed by atoms with Crippen molar-refractivity contribution in [3.63, 3.8) is 0 Å². The highest BCUT2D eigenvalue weighted by Gasteiger charge is 2.30. The van der Waals surface area contributed by atoms with E-state index in [1.807, 2.05) is 36.4 Å². The fourth-order valence-corrected chi connectivity index (χ4v) is 3.78. The number of amides is 2. The molecule has 1 heterocycles. The zero-order chi connectivity index (χ0) is 25.2. The maximum atomic E-state index is 12.8. The third-order valence-corrected chi connectivity index (χ3v) is 5.58.